The number of benzene rings is 1. The second kappa shape index (κ2) is 6.93. The molecule has 3 N–H and O–H groups in total. The summed E-state index contributed by atoms with van der Waals surface area (Å²) in [6, 6.07) is 4.62. The van der Waals surface area contributed by atoms with Crippen molar-refractivity contribution in [1.29, 1.82) is 0 Å². The average Bonchev–Trinajstić information content (AvgIpc) is 2.36. The Labute approximate surface area is 127 Å². The average molecular weight is 309 g/mol. The van der Waals surface area contributed by atoms with Crippen LogP contribution in [0.15, 0.2) is 24.3 Å². The number of aliphatic carboxylic acids is 1. The Morgan fingerprint density at radius 2 is 1.68 bits per heavy atom. The van der Waals surface area contributed by atoms with E-state index in [4.69, 9.17) is 14.9 Å². The van der Waals surface area contributed by atoms with Crippen molar-refractivity contribution < 1.29 is 29.3 Å². The molecule has 0 aliphatic heterocycles. The molecule has 0 saturated heterocycles. The van der Waals surface area contributed by atoms with Crippen molar-refractivity contribution in [2.75, 3.05) is 0 Å². The number of aromatic carboxylic acids is 1. The lowest BCUT2D eigenvalue weighted by Crippen LogP contribution is -2.44. The number of rotatable bonds is 5. The Morgan fingerprint density at radius 1 is 1.14 bits per heavy atom. The van der Waals surface area contributed by atoms with E-state index in [1.165, 1.54) is 24.3 Å². The molecule has 1 rings (SSSR count). The number of carboxylic acids is 2. The highest BCUT2D eigenvalue weighted by atomic mass is 16.6. The molecule has 1 aromatic carbocycles. The fraction of sp³-hybridized carbons (Fsp3) is 0.400. The molecule has 0 radical (unpaired) electrons. The minimum Gasteiger partial charge on any atom is -0.480 e. The Morgan fingerprint density at radius 3 is 2.09 bits per heavy atom. The van der Waals surface area contributed by atoms with Crippen molar-refractivity contribution >= 4 is 18.0 Å². The predicted octanol–water partition coefficient (Wildman–Crippen LogP) is 1.91. The molecule has 0 heterocycles. The quantitative estimate of drug-likeness (QED) is 0.765. The second-order valence-corrected chi connectivity index (χ2v) is 5.74. The lowest BCUT2D eigenvalue weighted by atomic mass is 10.0. The summed E-state index contributed by atoms with van der Waals surface area (Å²) in [5.74, 6) is -2.26. The van der Waals surface area contributed by atoms with Crippen LogP contribution in [0.3, 0.4) is 0 Å². The Kier molecular flexibility index (Phi) is 5.50. The van der Waals surface area contributed by atoms with Gasteiger partial charge in [-0.25, -0.2) is 14.4 Å². The van der Waals surface area contributed by atoms with E-state index >= 15 is 0 Å². The maximum absolute atomic E-state index is 11.6. The van der Waals surface area contributed by atoms with Crippen molar-refractivity contribution in [3.05, 3.63) is 35.4 Å². The van der Waals surface area contributed by atoms with Gasteiger partial charge in [-0.05, 0) is 38.5 Å². The van der Waals surface area contributed by atoms with E-state index in [9.17, 15) is 14.4 Å². The zero-order chi connectivity index (χ0) is 16.9. The molecular formula is C15H19NO6. The van der Waals surface area contributed by atoms with Crippen molar-refractivity contribution in [1.82, 2.24) is 5.32 Å². The minimum atomic E-state index is -1.20. The Bertz CT molecular complexity index is 558. The summed E-state index contributed by atoms with van der Waals surface area (Å²) in [7, 11) is 0. The lowest BCUT2D eigenvalue weighted by Gasteiger charge is -2.22. The van der Waals surface area contributed by atoms with E-state index in [1.807, 2.05) is 0 Å². The molecule has 7 heteroatoms. The van der Waals surface area contributed by atoms with Gasteiger partial charge < -0.3 is 20.3 Å². The topological polar surface area (TPSA) is 113 Å². The highest BCUT2D eigenvalue weighted by molar-refractivity contribution is 5.87. The summed E-state index contributed by atoms with van der Waals surface area (Å²) >= 11 is 0. The molecule has 22 heavy (non-hydrogen) atoms. The summed E-state index contributed by atoms with van der Waals surface area (Å²) in [5.41, 5.74) is -0.0276. The fourth-order valence-corrected chi connectivity index (χ4v) is 1.67. The zero-order valence-electron chi connectivity index (χ0n) is 12.6. The van der Waals surface area contributed by atoms with Gasteiger partial charge in [0.15, 0.2) is 0 Å². The van der Waals surface area contributed by atoms with Gasteiger partial charge in [0.25, 0.3) is 0 Å². The standard InChI is InChI=1S/C15H19NO6/c1-15(2,3)22-14(21)16-11(13(19)20)8-9-4-6-10(7-5-9)12(17)18/h4-7,11H,8H2,1-3H3,(H,16,21)(H,17,18)(H,19,20). The largest absolute Gasteiger partial charge is 0.480 e. The number of carbonyl (C=O) groups excluding carboxylic acids is 1. The van der Waals surface area contributed by atoms with Crippen LogP contribution in [0.2, 0.25) is 0 Å². The zero-order valence-corrected chi connectivity index (χ0v) is 12.6. The maximum Gasteiger partial charge on any atom is 0.408 e. The molecule has 0 aliphatic rings. The van der Waals surface area contributed by atoms with Crippen LogP contribution in [0.1, 0.15) is 36.7 Å². The van der Waals surface area contributed by atoms with Crippen LogP contribution in [0.5, 0.6) is 0 Å². The first-order valence-corrected chi connectivity index (χ1v) is 6.63. The number of hydrogen-bond donors (Lipinski definition) is 3. The first-order chi connectivity index (χ1) is 10.1. The molecule has 0 spiro atoms. The second-order valence-electron chi connectivity index (χ2n) is 5.74. The molecule has 0 aliphatic carbocycles. The van der Waals surface area contributed by atoms with Crippen LogP contribution in [-0.2, 0) is 16.0 Å². The third kappa shape index (κ3) is 5.82. The fourth-order valence-electron chi connectivity index (χ4n) is 1.67. The van der Waals surface area contributed by atoms with Gasteiger partial charge in [0, 0.05) is 6.42 Å². The smallest absolute Gasteiger partial charge is 0.408 e. The summed E-state index contributed by atoms with van der Waals surface area (Å²) < 4.78 is 5.02. The van der Waals surface area contributed by atoms with Crippen molar-refractivity contribution in [2.24, 2.45) is 0 Å². The molecule has 7 nitrogen and oxygen atoms in total. The molecule has 0 saturated carbocycles. The number of carboxylic acid groups (broad SMARTS) is 2. The van der Waals surface area contributed by atoms with E-state index in [2.05, 4.69) is 5.32 Å². The van der Waals surface area contributed by atoms with Crippen molar-refractivity contribution in [2.45, 2.75) is 38.8 Å². The van der Waals surface area contributed by atoms with E-state index in [1.54, 1.807) is 20.8 Å². The summed E-state index contributed by atoms with van der Waals surface area (Å²) in [6.07, 6.45) is -0.795. The van der Waals surface area contributed by atoms with Crippen molar-refractivity contribution in [3.8, 4) is 0 Å². The molecule has 1 aromatic rings. The lowest BCUT2D eigenvalue weighted by molar-refractivity contribution is -0.139. The van der Waals surface area contributed by atoms with Crippen LogP contribution in [-0.4, -0.2) is 39.9 Å². The van der Waals surface area contributed by atoms with Gasteiger partial charge >= 0.3 is 18.0 Å². The number of ether oxygens (including phenoxy) is 1. The molecule has 0 fully saturated rings. The predicted molar refractivity (Wildman–Crippen MR) is 77.9 cm³/mol. The number of amides is 1. The van der Waals surface area contributed by atoms with Gasteiger partial charge in [-0.3, -0.25) is 0 Å². The Hall–Kier alpha value is -2.57. The van der Waals surface area contributed by atoms with E-state index in [0.717, 1.165) is 0 Å². The number of hydrogen-bond acceptors (Lipinski definition) is 4. The SMILES string of the molecule is CC(C)(C)OC(=O)NC(Cc1ccc(C(=O)O)cc1)C(=O)O. The molecular weight excluding hydrogens is 290 g/mol. The van der Waals surface area contributed by atoms with Gasteiger partial charge in [0.05, 0.1) is 5.56 Å². The normalized spacial score (nSPS) is 12.3. The number of alkyl carbamates (subject to hydrolysis) is 1. The molecule has 120 valence electrons. The van der Waals surface area contributed by atoms with Gasteiger partial charge in [-0.15, -0.1) is 0 Å². The van der Waals surface area contributed by atoms with Crippen LogP contribution in [0, 0.1) is 0 Å². The highest BCUT2D eigenvalue weighted by Crippen LogP contribution is 2.10. The van der Waals surface area contributed by atoms with Gasteiger partial charge in [-0.1, -0.05) is 12.1 Å². The molecule has 1 amide bonds. The van der Waals surface area contributed by atoms with Crippen LogP contribution in [0.4, 0.5) is 4.79 Å². The molecule has 1 atom stereocenters. The van der Waals surface area contributed by atoms with Gasteiger partial charge in [-0.2, -0.15) is 0 Å². The first kappa shape index (κ1) is 17.5. The third-order valence-corrected chi connectivity index (χ3v) is 2.63. The van der Waals surface area contributed by atoms with E-state index in [0.29, 0.717) is 5.56 Å². The number of nitrogens with one attached hydrogen (secondary N) is 1. The van der Waals surface area contributed by atoms with E-state index in [-0.39, 0.29) is 12.0 Å². The maximum atomic E-state index is 11.6. The van der Waals surface area contributed by atoms with E-state index < -0.39 is 29.7 Å². The highest BCUT2D eigenvalue weighted by Gasteiger charge is 2.24. The first-order valence-electron chi connectivity index (χ1n) is 6.63. The summed E-state index contributed by atoms with van der Waals surface area (Å²) in [5, 5.41) is 20.2. The molecule has 0 aromatic heterocycles. The molecule has 1 unspecified atom stereocenters. The third-order valence-electron chi connectivity index (χ3n) is 2.63. The Balaban J connectivity index is 2.74. The summed E-state index contributed by atoms with van der Waals surface area (Å²) in [4.78, 5) is 33.6. The van der Waals surface area contributed by atoms with Gasteiger partial charge in [0.1, 0.15) is 11.6 Å². The minimum absolute atomic E-state index is 0.0223. The van der Waals surface area contributed by atoms with Gasteiger partial charge in [0.2, 0.25) is 0 Å². The van der Waals surface area contributed by atoms with Crippen molar-refractivity contribution in [3.63, 3.8) is 0 Å². The number of carbonyl (C=O) groups is 3. The molecule has 0 bridgehead atoms. The van der Waals surface area contributed by atoms with Crippen LogP contribution >= 0.6 is 0 Å². The summed E-state index contributed by atoms with van der Waals surface area (Å²) in [6.45, 7) is 5.02. The van der Waals surface area contributed by atoms with Crippen LogP contribution < -0.4 is 5.32 Å². The monoisotopic (exact) mass is 309 g/mol. The van der Waals surface area contributed by atoms with Crippen LogP contribution in [0.25, 0.3) is 0 Å².